The molecule has 0 saturated heterocycles. The van der Waals surface area contributed by atoms with E-state index in [1.807, 2.05) is 43.3 Å². The number of aromatic nitrogens is 1. The number of aryl methyl sites for hydroxylation is 1. The van der Waals surface area contributed by atoms with Crippen LogP contribution in [0.4, 0.5) is 5.69 Å². The Labute approximate surface area is 173 Å². The van der Waals surface area contributed by atoms with Gasteiger partial charge < -0.3 is 25.8 Å². The van der Waals surface area contributed by atoms with Crippen LogP contribution < -0.4 is 16.4 Å². The van der Waals surface area contributed by atoms with Crippen LogP contribution in [0.1, 0.15) is 39.1 Å². The highest BCUT2D eigenvalue weighted by Crippen LogP contribution is 2.36. The Morgan fingerprint density at radius 3 is 2.80 bits per heavy atom. The monoisotopic (exact) mass is 399 g/mol. The van der Waals surface area contributed by atoms with E-state index in [1.54, 1.807) is 12.3 Å². The number of anilines is 1. The summed E-state index contributed by atoms with van der Waals surface area (Å²) in [5.41, 5.74) is 10.7. The molecule has 1 aliphatic heterocycles. The molecule has 0 fully saturated rings. The summed E-state index contributed by atoms with van der Waals surface area (Å²) in [5, 5.41) is 7.75. The molecule has 1 atom stereocenters. The Morgan fingerprint density at radius 2 is 2.00 bits per heavy atom. The first-order valence-corrected chi connectivity index (χ1v) is 9.73. The minimum absolute atomic E-state index is 0.342. The minimum atomic E-state index is -0.462. The van der Waals surface area contributed by atoms with Crippen molar-refractivity contribution < 1.29 is 9.21 Å². The molecule has 7 nitrogen and oxygen atoms in total. The molecule has 7 heteroatoms. The highest BCUT2D eigenvalue weighted by molar-refractivity contribution is 6.07. The molecular weight excluding hydrogens is 378 g/mol. The number of primary amides is 1. The third-order valence-electron chi connectivity index (χ3n) is 5.34. The Kier molecular flexibility index (Phi) is 4.28. The number of para-hydroxylation sites is 1. The fourth-order valence-corrected chi connectivity index (χ4v) is 3.94. The van der Waals surface area contributed by atoms with Gasteiger partial charge in [0.15, 0.2) is 11.6 Å². The fraction of sp³-hybridized carbons (Fsp3) is 0.130. The van der Waals surface area contributed by atoms with E-state index in [0.29, 0.717) is 23.7 Å². The van der Waals surface area contributed by atoms with Gasteiger partial charge in [0.25, 0.3) is 5.91 Å². The van der Waals surface area contributed by atoms with Crippen molar-refractivity contribution in [2.75, 3.05) is 5.32 Å². The lowest BCUT2D eigenvalue weighted by Crippen LogP contribution is -2.29. The lowest BCUT2D eigenvalue weighted by atomic mass is 10.0. The highest BCUT2D eigenvalue weighted by atomic mass is 16.3. The number of carbonyl (C=O) groups excluding carboxylic acids is 1. The maximum Gasteiger partial charge on any atom is 0.250 e. The molecule has 0 radical (unpaired) electrons. The van der Waals surface area contributed by atoms with E-state index in [0.717, 1.165) is 33.4 Å². The highest BCUT2D eigenvalue weighted by Gasteiger charge is 2.28. The normalized spacial score (nSPS) is 15.4. The molecular formula is C23H21N5O2. The first-order chi connectivity index (χ1) is 14.6. The van der Waals surface area contributed by atoms with Gasteiger partial charge in [0.2, 0.25) is 0 Å². The lowest BCUT2D eigenvalue weighted by molar-refractivity contribution is 0.100. The molecule has 1 amide bonds. The summed E-state index contributed by atoms with van der Waals surface area (Å²) in [4.78, 5) is 20.1. The molecule has 30 heavy (non-hydrogen) atoms. The summed E-state index contributed by atoms with van der Waals surface area (Å²) in [5.74, 6) is 0.899. The van der Waals surface area contributed by atoms with Crippen molar-refractivity contribution in [1.82, 2.24) is 10.3 Å². The number of carbonyl (C=O) groups is 1. The molecule has 2 aromatic carbocycles. The van der Waals surface area contributed by atoms with Crippen molar-refractivity contribution in [3.8, 4) is 0 Å². The zero-order valence-corrected chi connectivity index (χ0v) is 16.4. The van der Waals surface area contributed by atoms with Crippen LogP contribution in [0.2, 0.25) is 0 Å². The largest absolute Gasteiger partial charge is 0.459 e. The Hall–Kier alpha value is -4.00. The van der Waals surface area contributed by atoms with Gasteiger partial charge in [-0.05, 0) is 18.6 Å². The lowest BCUT2D eigenvalue weighted by Gasteiger charge is -2.23. The number of nitrogens with one attached hydrogen (secondary N) is 3. The molecule has 0 bridgehead atoms. The summed E-state index contributed by atoms with van der Waals surface area (Å²) in [6.07, 6.45) is 1.30. The van der Waals surface area contributed by atoms with Gasteiger partial charge >= 0.3 is 0 Å². The molecule has 0 spiro atoms. The summed E-state index contributed by atoms with van der Waals surface area (Å²) in [7, 11) is 0. The van der Waals surface area contributed by atoms with Crippen LogP contribution in [0.25, 0.3) is 10.9 Å². The topological polar surface area (TPSA) is 108 Å². The van der Waals surface area contributed by atoms with Crippen LogP contribution in [-0.2, 0) is 6.54 Å². The first kappa shape index (κ1) is 18.1. The Bertz CT molecular complexity index is 1270. The van der Waals surface area contributed by atoms with E-state index in [2.05, 4.69) is 27.8 Å². The van der Waals surface area contributed by atoms with Crippen LogP contribution in [0.3, 0.4) is 0 Å². The number of rotatable bonds is 4. The number of aliphatic imine (C=N–C) groups is 1. The van der Waals surface area contributed by atoms with Crippen molar-refractivity contribution in [2.24, 2.45) is 10.7 Å². The standard InChI is InChI=1S/C23H21N5O2/c1-13-18(15-8-5-9-16(21(24)29)19(15)26-13)22-27-17-10-11-30-20(17)23(28-22)25-12-14-6-3-2-4-7-14/h2-11,22,26-27H,12H2,1H3,(H2,24,29)(H,25,28). The maximum absolute atomic E-state index is 11.8. The SMILES string of the molecule is Cc1[nH]c2c(C(N)=O)cccc2c1C1N=C(NCc2ccccc2)c2occc2N1. The molecule has 0 saturated carbocycles. The van der Waals surface area contributed by atoms with E-state index in [9.17, 15) is 4.79 Å². The second-order valence-corrected chi connectivity index (χ2v) is 7.28. The Morgan fingerprint density at radius 1 is 1.17 bits per heavy atom. The van der Waals surface area contributed by atoms with Crippen LogP contribution in [0.15, 0.2) is 70.3 Å². The van der Waals surface area contributed by atoms with Crippen molar-refractivity contribution in [2.45, 2.75) is 19.6 Å². The van der Waals surface area contributed by atoms with E-state index in [4.69, 9.17) is 15.1 Å². The molecule has 2 aromatic heterocycles. The van der Waals surface area contributed by atoms with Gasteiger partial charge in [0.1, 0.15) is 6.17 Å². The summed E-state index contributed by atoms with van der Waals surface area (Å²) >= 11 is 0. The zero-order chi connectivity index (χ0) is 20.7. The molecule has 1 aliphatic rings. The van der Waals surface area contributed by atoms with Crippen LogP contribution in [0.5, 0.6) is 0 Å². The zero-order valence-electron chi connectivity index (χ0n) is 16.4. The van der Waals surface area contributed by atoms with Gasteiger partial charge in [-0.1, -0.05) is 42.5 Å². The molecule has 5 rings (SSSR count). The van der Waals surface area contributed by atoms with Crippen molar-refractivity contribution in [1.29, 1.82) is 0 Å². The predicted molar refractivity (Wildman–Crippen MR) is 116 cm³/mol. The number of fused-ring (bicyclic) bond motifs is 2. The number of H-pyrrole nitrogens is 1. The van der Waals surface area contributed by atoms with Gasteiger partial charge in [-0.25, -0.2) is 4.99 Å². The number of nitrogens with two attached hydrogens (primary N) is 1. The van der Waals surface area contributed by atoms with Gasteiger partial charge in [0, 0.05) is 29.3 Å². The van der Waals surface area contributed by atoms with Crippen molar-refractivity contribution in [3.05, 3.63) is 89.0 Å². The number of nitrogens with zero attached hydrogens (tertiary/aromatic N) is 1. The molecule has 1 unspecified atom stereocenters. The number of furan rings is 1. The van der Waals surface area contributed by atoms with E-state index >= 15 is 0 Å². The van der Waals surface area contributed by atoms with Crippen LogP contribution >= 0.6 is 0 Å². The molecule has 0 aliphatic carbocycles. The van der Waals surface area contributed by atoms with Gasteiger partial charge in [0.05, 0.1) is 23.0 Å². The summed E-state index contributed by atoms with van der Waals surface area (Å²) in [6.45, 7) is 2.60. The molecule has 4 aromatic rings. The quantitative estimate of drug-likeness (QED) is 0.418. The number of hydrogen-bond donors (Lipinski definition) is 4. The number of aromatic amines is 1. The van der Waals surface area contributed by atoms with Crippen molar-refractivity contribution in [3.63, 3.8) is 0 Å². The number of hydrogen-bond acceptors (Lipinski definition) is 5. The number of amidine groups is 1. The van der Waals surface area contributed by atoms with E-state index < -0.39 is 5.91 Å². The maximum atomic E-state index is 11.8. The van der Waals surface area contributed by atoms with E-state index in [1.165, 1.54) is 0 Å². The minimum Gasteiger partial charge on any atom is -0.459 e. The Balaban J connectivity index is 1.55. The first-order valence-electron chi connectivity index (χ1n) is 9.73. The van der Waals surface area contributed by atoms with Crippen LogP contribution in [-0.4, -0.2) is 16.7 Å². The summed E-state index contributed by atoms with van der Waals surface area (Å²) < 4.78 is 5.67. The van der Waals surface area contributed by atoms with Crippen LogP contribution in [0, 0.1) is 6.92 Å². The predicted octanol–water partition coefficient (Wildman–Crippen LogP) is 3.83. The molecule has 5 N–H and O–H groups in total. The second kappa shape index (κ2) is 7.11. The average Bonchev–Trinajstić information content (AvgIpc) is 3.35. The van der Waals surface area contributed by atoms with E-state index in [-0.39, 0.29) is 6.17 Å². The average molecular weight is 399 g/mol. The molecule has 150 valence electrons. The van der Waals surface area contributed by atoms with Gasteiger partial charge in [-0.2, -0.15) is 0 Å². The second-order valence-electron chi connectivity index (χ2n) is 7.28. The number of benzene rings is 2. The van der Waals surface area contributed by atoms with Gasteiger partial charge in [-0.15, -0.1) is 0 Å². The molecule has 3 heterocycles. The third kappa shape index (κ3) is 3.00. The third-order valence-corrected chi connectivity index (χ3v) is 5.34. The van der Waals surface area contributed by atoms with Gasteiger partial charge in [-0.3, -0.25) is 4.79 Å². The number of amides is 1. The smallest absolute Gasteiger partial charge is 0.250 e. The van der Waals surface area contributed by atoms with Crippen molar-refractivity contribution >= 4 is 28.3 Å². The fourth-order valence-electron chi connectivity index (χ4n) is 3.94. The summed E-state index contributed by atoms with van der Waals surface area (Å²) in [6, 6.07) is 17.6.